The van der Waals surface area contributed by atoms with Crippen LogP contribution in [0.1, 0.15) is 15.9 Å². The summed E-state index contributed by atoms with van der Waals surface area (Å²) >= 11 is 5.17. The van der Waals surface area contributed by atoms with Gasteiger partial charge < -0.3 is 15.7 Å². The molecular weight excluding hydrogens is 318 g/mol. The van der Waals surface area contributed by atoms with Gasteiger partial charge in [-0.15, -0.1) is 0 Å². The summed E-state index contributed by atoms with van der Waals surface area (Å²) < 4.78 is 0. The molecule has 0 saturated heterocycles. The average Bonchev–Trinajstić information content (AvgIpc) is 2.49. The lowest BCUT2D eigenvalue weighted by Gasteiger charge is -2.13. The summed E-state index contributed by atoms with van der Waals surface area (Å²) in [6.07, 6.45) is 0. The minimum atomic E-state index is -1.03. The van der Waals surface area contributed by atoms with Crippen LogP contribution in [0.15, 0.2) is 42.5 Å². The van der Waals surface area contributed by atoms with Crippen molar-refractivity contribution in [3.8, 4) is 0 Å². The smallest absolute Gasteiger partial charge is 0.335 e. The van der Waals surface area contributed by atoms with E-state index in [1.807, 2.05) is 6.92 Å². The highest BCUT2D eigenvalue weighted by Crippen LogP contribution is 2.19. The first kappa shape index (κ1) is 16.4. The number of nitrogens with one attached hydrogen (secondary N) is 2. The van der Waals surface area contributed by atoms with Gasteiger partial charge in [-0.2, -0.15) is 0 Å². The number of nitrogens with zero attached hydrogens (tertiary/aromatic N) is 1. The molecule has 0 aliphatic heterocycles. The van der Waals surface area contributed by atoms with Crippen LogP contribution in [0.4, 0.5) is 17.1 Å². The van der Waals surface area contributed by atoms with Crippen molar-refractivity contribution in [3.05, 3.63) is 63.7 Å². The lowest BCUT2D eigenvalue weighted by Crippen LogP contribution is -2.19. The lowest BCUT2D eigenvalue weighted by molar-refractivity contribution is -0.384. The van der Waals surface area contributed by atoms with Crippen LogP contribution in [-0.2, 0) is 0 Å². The molecule has 0 aliphatic carbocycles. The maximum absolute atomic E-state index is 11.0. The van der Waals surface area contributed by atoms with Gasteiger partial charge in [-0.3, -0.25) is 10.1 Å². The van der Waals surface area contributed by atoms with Crippen LogP contribution in [0, 0.1) is 17.0 Å². The van der Waals surface area contributed by atoms with Crippen LogP contribution in [0.3, 0.4) is 0 Å². The second kappa shape index (κ2) is 6.84. The van der Waals surface area contributed by atoms with E-state index in [0.717, 1.165) is 5.56 Å². The highest BCUT2D eigenvalue weighted by Gasteiger charge is 2.08. The molecule has 0 saturated carbocycles. The van der Waals surface area contributed by atoms with Crippen molar-refractivity contribution >= 4 is 40.4 Å². The van der Waals surface area contributed by atoms with E-state index in [9.17, 15) is 14.9 Å². The third-order valence-electron chi connectivity index (χ3n) is 3.07. The molecule has 0 heterocycles. The van der Waals surface area contributed by atoms with E-state index < -0.39 is 10.9 Å². The normalized spacial score (nSPS) is 9.96. The van der Waals surface area contributed by atoms with E-state index in [1.54, 1.807) is 6.07 Å². The molecular formula is C15H13N3O4S. The zero-order valence-electron chi connectivity index (χ0n) is 12.1. The molecule has 0 unspecified atom stereocenters. The van der Waals surface area contributed by atoms with Crippen LogP contribution in [-0.4, -0.2) is 21.1 Å². The number of hydrogen-bond donors (Lipinski definition) is 3. The van der Waals surface area contributed by atoms with Crippen molar-refractivity contribution in [3.63, 3.8) is 0 Å². The van der Waals surface area contributed by atoms with Crippen LogP contribution in [0.25, 0.3) is 0 Å². The molecule has 7 nitrogen and oxygen atoms in total. The summed E-state index contributed by atoms with van der Waals surface area (Å²) in [4.78, 5) is 21.1. The second-order valence-electron chi connectivity index (χ2n) is 4.72. The Kier molecular flexibility index (Phi) is 4.87. The maximum Gasteiger partial charge on any atom is 0.335 e. The summed E-state index contributed by atoms with van der Waals surface area (Å²) in [7, 11) is 0. The van der Waals surface area contributed by atoms with Crippen molar-refractivity contribution < 1.29 is 14.8 Å². The number of aryl methyl sites for hydroxylation is 1. The number of carboxylic acid groups (broad SMARTS) is 1. The Morgan fingerprint density at radius 3 is 2.39 bits per heavy atom. The average molecular weight is 331 g/mol. The Morgan fingerprint density at radius 1 is 1.17 bits per heavy atom. The van der Waals surface area contributed by atoms with Crippen LogP contribution < -0.4 is 10.6 Å². The van der Waals surface area contributed by atoms with Crippen molar-refractivity contribution in [1.82, 2.24) is 0 Å². The third-order valence-corrected chi connectivity index (χ3v) is 3.27. The Morgan fingerprint density at radius 2 is 1.83 bits per heavy atom. The fourth-order valence-electron chi connectivity index (χ4n) is 1.84. The molecule has 2 aromatic carbocycles. The van der Waals surface area contributed by atoms with Gasteiger partial charge in [-0.25, -0.2) is 4.79 Å². The van der Waals surface area contributed by atoms with Gasteiger partial charge in [-0.1, -0.05) is 6.07 Å². The standard InChI is InChI=1S/C15H13N3O4S/c1-9-2-3-10(14(19)20)8-13(9)17-15(23)16-11-4-6-12(7-5-11)18(21)22/h2-8H,1H3,(H,19,20)(H2,16,17,23). The first-order valence-electron chi connectivity index (χ1n) is 6.53. The molecule has 0 radical (unpaired) electrons. The van der Waals surface area contributed by atoms with E-state index in [-0.39, 0.29) is 16.4 Å². The molecule has 2 rings (SSSR count). The maximum atomic E-state index is 11.0. The molecule has 0 fully saturated rings. The number of thiocarbonyl (C=S) groups is 1. The molecule has 0 aromatic heterocycles. The zero-order valence-corrected chi connectivity index (χ0v) is 12.9. The van der Waals surface area contributed by atoms with E-state index in [2.05, 4.69) is 10.6 Å². The van der Waals surface area contributed by atoms with Gasteiger partial charge in [0.05, 0.1) is 10.5 Å². The van der Waals surface area contributed by atoms with E-state index in [0.29, 0.717) is 11.4 Å². The number of hydrogen-bond acceptors (Lipinski definition) is 4. The highest BCUT2D eigenvalue weighted by atomic mass is 32.1. The van der Waals surface area contributed by atoms with Gasteiger partial charge in [0.15, 0.2) is 5.11 Å². The minimum absolute atomic E-state index is 0.0144. The highest BCUT2D eigenvalue weighted by molar-refractivity contribution is 7.80. The monoisotopic (exact) mass is 331 g/mol. The fourth-order valence-corrected chi connectivity index (χ4v) is 2.07. The Balaban J connectivity index is 2.09. The SMILES string of the molecule is Cc1ccc(C(=O)O)cc1NC(=S)Nc1ccc([N+](=O)[O-])cc1. The molecule has 118 valence electrons. The topological polar surface area (TPSA) is 104 Å². The zero-order chi connectivity index (χ0) is 17.0. The first-order chi connectivity index (χ1) is 10.9. The summed E-state index contributed by atoms with van der Waals surface area (Å²) in [6, 6.07) is 10.5. The molecule has 0 amide bonds. The number of anilines is 2. The number of nitro groups is 1. The van der Waals surface area contributed by atoms with Gasteiger partial charge in [0.1, 0.15) is 0 Å². The Bertz CT molecular complexity index is 775. The van der Waals surface area contributed by atoms with Crippen LogP contribution >= 0.6 is 12.2 Å². The molecule has 2 aromatic rings. The van der Waals surface area contributed by atoms with Gasteiger partial charge in [0.2, 0.25) is 0 Å². The van der Waals surface area contributed by atoms with Gasteiger partial charge in [0, 0.05) is 23.5 Å². The number of carbonyl (C=O) groups is 1. The van der Waals surface area contributed by atoms with Gasteiger partial charge in [0.25, 0.3) is 5.69 Å². The number of rotatable bonds is 4. The third kappa shape index (κ3) is 4.24. The number of aromatic carboxylic acids is 1. The second-order valence-corrected chi connectivity index (χ2v) is 5.13. The summed E-state index contributed by atoms with van der Waals surface area (Å²) in [5.74, 6) is -1.03. The number of non-ortho nitro benzene ring substituents is 1. The summed E-state index contributed by atoms with van der Waals surface area (Å²) in [5, 5.41) is 25.7. The predicted molar refractivity (Wildman–Crippen MR) is 91.1 cm³/mol. The Hall–Kier alpha value is -3.00. The number of nitro benzene ring substituents is 1. The van der Waals surface area contributed by atoms with Crippen molar-refractivity contribution in [2.75, 3.05) is 10.6 Å². The molecule has 0 aliphatic rings. The Labute approximate surface area is 137 Å². The number of carboxylic acids is 1. The van der Waals surface area contributed by atoms with E-state index >= 15 is 0 Å². The quantitative estimate of drug-likeness (QED) is 0.448. The summed E-state index contributed by atoms with van der Waals surface area (Å²) in [5.41, 5.74) is 2.13. The molecule has 23 heavy (non-hydrogen) atoms. The fraction of sp³-hybridized carbons (Fsp3) is 0.0667. The first-order valence-corrected chi connectivity index (χ1v) is 6.94. The van der Waals surface area contributed by atoms with E-state index in [4.69, 9.17) is 17.3 Å². The minimum Gasteiger partial charge on any atom is -0.478 e. The number of benzene rings is 2. The molecule has 3 N–H and O–H groups in total. The molecule has 0 spiro atoms. The largest absolute Gasteiger partial charge is 0.478 e. The lowest BCUT2D eigenvalue weighted by atomic mass is 10.1. The van der Waals surface area contributed by atoms with Crippen molar-refractivity contribution in [2.45, 2.75) is 6.92 Å². The summed E-state index contributed by atoms with van der Waals surface area (Å²) in [6.45, 7) is 1.82. The molecule has 0 atom stereocenters. The van der Waals surface area contributed by atoms with Gasteiger partial charge in [-0.05, 0) is 49.0 Å². The molecule has 8 heteroatoms. The van der Waals surface area contributed by atoms with Gasteiger partial charge >= 0.3 is 5.97 Å². The molecule has 0 bridgehead atoms. The predicted octanol–water partition coefficient (Wildman–Crippen LogP) is 3.41. The van der Waals surface area contributed by atoms with Crippen molar-refractivity contribution in [2.24, 2.45) is 0 Å². The van der Waals surface area contributed by atoms with E-state index in [1.165, 1.54) is 36.4 Å². The van der Waals surface area contributed by atoms with Crippen LogP contribution in [0.5, 0.6) is 0 Å². The van der Waals surface area contributed by atoms with Crippen LogP contribution in [0.2, 0.25) is 0 Å². The van der Waals surface area contributed by atoms with Crippen molar-refractivity contribution in [1.29, 1.82) is 0 Å².